The van der Waals surface area contributed by atoms with E-state index in [1.54, 1.807) is 36.7 Å². The van der Waals surface area contributed by atoms with Crippen LogP contribution in [0.3, 0.4) is 0 Å². The molecule has 5 heterocycles. The molecule has 9 aromatic rings. The summed E-state index contributed by atoms with van der Waals surface area (Å²) in [6, 6.07) is 33.0. The molecule has 3 aromatic heterocycles. The molecule has 0 unspecified atom stereocenters. The van der Waals surface area contributed by atoms with E-state index in [0.717, 1.165) is 22.5 Å². The molecule has 2 aliphatic rings. The van der Waals surface area contributed by atoms with E-state index in [-0.39, 0.29) is 29.2 Å². The topological polar surface area (TPSA) is 143 Å². The standard InChI is InChI=1S/C57H42N6O5/c1-5-35(6-2)62-54(64)39-24-22-38-51-47(61-68)30-42-50-40(55(65)63(57(42)67)36(7-3)8-4)23-21-37(53(50)51)48-33(27-41(56(62)66)49(39)52(38)48)20-17-31-15-18-32(19-16-31)34-28-45(43-13-9-11-25-58-43)60-46(29-34)44-14-10-12-26-59-44/h9-16,18-19,21-30,35-36H,5-8H2,1-4H3. The van der Waals surface area contributed by atoms with Gasteiger partial charge in [-0.05, 0) is 126 Å². The molecular weight excluding hydrogens is 849 g/mol. The Balaban J connectivity index is 1.13. The highest BCUT2D eigenvalue weighted by atomic mass is 16.3. The first-order valence-corrected chi connectivity index (χ1v) is 23.0. The zero-order valence-electron chi connectivity index (χ0n) is 37.8. The van der Waals surface area contributed by atoms with Crippen LogP contribution in [0.4, 0.5) is 5.69 Å². The first-order valence-electron chi connectivity index (χ1n) is 23.0. The monoisotopic (exact) mass is 890 g/mol. The quantitative estimate of drug-likeness (QED) is 0.0434. The lowest BCUT2D eigenvalue weighted by atomic mass is 9.80. The molecule has 68 heavy (non-hydrogen) atoms. The molecule has 6 aromatic carbocycles. The number of hydrogen-bond donors (Lipinski definition) is 0. The molecule has 11 rings (SSSR count). The molecule has 2 aliphatic heterocycles. The lowest BCUT2D eigenvalue weighted by Gasteiger charge is -2.35. The number of hydrogen-bond acceptors (Lipinski definition) is 9. The Bertz CT molecular complexity index is 3630. The van der Waals surface area contributed by atoms with Gasteiger partial charge in [0.2, 0.25) is 0 Å². The van der Waals surface area contributed by atoms with Crippen molar-refractivity contribution in [2.45, 2.75) is 65.5 Å². The number of pyridine rings is 3. The molecule has 11 nitrogen and oxygen atoms in total. The number of imide groups is 2. The SMILES string of the molecule is CCC(CC)N1C(=O)c2ccc3c4c(N=O)cc5c6c(ccc(c7c(C#Cc8ccc(-c9cc(-c%10ccccn%10)nc(-c%10ccccn%10)c9)cc8)cc(c2c37)C1=O)c64)C(=O)N(C(CC)CC)C5=O. The van der Waals surface area contributed by atoms with Crippen molar-refractivity contribution in [1.82, 2.24) is 24.8 Å². The molecule has 0 saturated carbocycles. The van der Waals surface area contributed by atoms with Crippen LogP contribution in [0.15, 0.2) is 127 Å². The van der Waals surface area contributed by atoms with Crippen LogP contribution in [0.2, 0.25) is 0 Å². The summed E-state index contributed by atoms with van der Waals surface area (Å²) >= 11 is 0. The highest BCUT2D eigenvalue weighted by Gasteiger charge is 2.41. The number of nitroso groups, excluding NO2 is 1. The minimum absolute atomic E-state index is 0.0257. The normalized spacial score (nSPS) is 13.5. The Morgan fingerprint density at radius 3 is 1.49 bits per heavy atom. The van der Waals surface area contributed by atoms with Crippen LogP contribution in [-0.2, 0) is 0 Å². The van der Waals surface area contributed by atoms with E-state index in [0.29, 0.717) is 108 Å². The number of amides is 4. The fourth-order valence-corrected chi connectivity index (χ4v) is 10.5. The molecule has 0 bridgehead atoms. The number of carbonyl (C=O) groups is 4. The van der Waals surface area contributed by atoms with Gasteiger partial charge in [0.15, 0.2) is 0 Å². The van der Waals surface area contributed by atoms with Gasteiger partial charge in [-0.3, -0.25) is 38.9 Å². The van der Waals surface area contributed by atoms with Crippen molar-refractivity contribution in [1.29, 1.82) is 0 Å². The second-order valence-electron chi connectivity index (χ2n) is 17.4. The number of fused-ring (bicyclic) bond motifs is 2. The zero-order valence-corrected chi connectivity index (χ0v) is 37.8. The lowest BCUT2D eigenvalue weighted by molar-refractivity contribution is 0.0514. The van der Waals surface area contributed by atoms with E-state index in [4.69, 9.17) is 4.98 Å². The molecule has 330 valence electrons. The van der Waals surface area contributed by atoms with E-state index in [9.17, 15) is 24.1 Å². The molecule has 0 spiro atoms. The van der Waals surface area contributed by atoms with Crippen LogP contribution in [0.5, 0.6) is 0 Å². The van der Waals surface area contributed by atoms with Crippen molar-refractivity contribution in [2.75, 3.05) is 0 Å². The van der Waals surface area contributed by atoms with Crippen LogP contribution in [0.1, 0.15) is 106 Å². The summed E-state index contributed by atoms with van der Waals surface area (Å²) in [6.45, 7) is 7.80. The van der Waals surface area contributed by atoms with Gasteiger partial charge < -0.3 is 0 Å². The molecule has 0 saturated heterocycles. The van der Waals surface area contributed by atoms with Crippen molar-refractivity contribution < 1.29 is 19.2 Å². The summed E-state index contributed by atoms with van der Waals surface area (Å²) in [6.07, 6.45) is 5.79. The fourth-order valence-electron chi connectivity index (χ4n) is 10.5. The van der Waals surface area contributed by atoms with Crippen molar-refractivity contribution in [2.24, 2.45) is 5.18 Å². The number of benzene rings is 6. The van der Waals surface area contributed by atoms with Gasteiger partial charge in [-0.15, -0.1) is 4.91 Å². The smallest absolute Gasteiger partial charge is 0.261 e. The molecule has 0 radical (unpaired) electrons. The average molecular weight is 891 g/mol. The highest BCUT2D eigenvalue weighted by molar-refractivity contribution is 6.43. The largest absolute Gasteiger partial charge is 0.271 e. The van der Waals surface area contributed by atoms with Gasteiger partial charge in [0.25, 0.3) is 23.6 Å². The van der Waals surface area contributed by atoms with Gasteiger partial charge in [-0.1, -0.05) is 75.9 Å². The molecule has 0 N–H and O–H groups in total. The summed E-state index contributed by atoms with van der Waals surface area (Å²) in [4.78, 5) is 87.6. The number of carbonyl (C=O) groups excluding carboxylic acids is 4. The number of rotatable bonds is 10. The van der Waals surface area contributed by atoms with Gasteiger partial charge in [-0.25, -0.2) is 4.98 Å². The molecule has 11 heteroatoms. The van der Waals surface area contributed by atoms with Crippen molar-refractivity contribution >= 4 is 72.4 Å². The second kappa shape index (κ2) is 16.4. The van der Waals surface area contributed by atoms with Crippen LogP contribution >= 0.6 is 0 Å². The van der Waals surface area contributed by atoms with E-state index < -0.39 is 17.7 Å². The van der Waals surface area contributed by atoms with Gasteiger partial charge in [-0.2, -0.15) is 0 Å². The second-order valence-corrected chi connectivity index (χ2v) is 17.4. The predicted molar refractivity (Wildman–Crippen MR) is 265 cm³/mol. The van der Waals surface area contributed by atoms with Gasteiger partial charge in [0.05, 0.1) is 28.3 Å². The summed E-state index contributed by atoms with van der Waals surface area (Å²) in [7, 11) is 0. The Morgan fingerprint density at radius 2 is 0.985 bits per heavy atom. The van der Waals surface area contributed by atoms with E-state index in [1.165, 1.54) is 15.9 Å². The summed E-state index contributed by atoms with van der Waals surface area (Å²) < 4.78 is 0. The maximum Gasteiger partial charge on any atom is 0.261 e. The van der Waals surface area contributed by atoms with Gasteiger partial charge in [0, 0.05) is 84.6 Å². The fraction of sp³-hybridized carbons (Fsp3) is 0.175. The molecule has 0 fully saturated rings. The van der Waals surface area contributed by atoms with Gasteiger partial charge in [0.1, 0.15) is 5.69 Å². The van der Waals surface area contributed by atoms with Crippen molar-refractivity contribution in [3.8, 4) is 45.7 Å². The highest BCUT2D eigenvalue weighted by Crippen LogP contribution is 2.50. The molecule has 0 atom stereocenters. The van der Waals surface area contributed by atoms with Crippen molar-refractivity contribution in [3.63, 3.8) is 0 Å². The summed E-state index contributed by atoms with van der Waals surface area (Å²) in [5, 5.41) is 7.78. The Hall–Kier alpha value is -8.49. The zero-order chi connectivity index (χ0) is 47.0. The van der Waals surface area contributed by atoms with Gasteiger partial charge >= 0.3 is 0 Å². The van der Waals surface area contributed by atoms with Crippen LogP contribution in [0.25, 0.3) is 77.0 Å². The Morgan fingerprint density at radius 1 is 0.485 bits per heavy atom. The molecule has 0 aliphatic carbocycles. The third-order valence-corrected chi connectivity index (χ3v) is 13.8. The van der Waals surface area contributed by atoms with Crippen LogP contribution in [0, 0.1) is 16.7 Å². The van der Waals surface area contributed by atoms with Crippen LogP contribution in [-0.4, -0.2) is 60.5 Å². The van der Waals surface area contributed by atoms with E-state index >= 15 is 0 Å². The Kier molecular flexibility index (Phi) is 10.2. The van der Waals surface area contributed by atoms with E-state index in [2.05, 4.69) is 27.0 Å². The first-order chi connectivity index (χ1) is 33.2. The Labute approximate surface area is 391 Å². The predicted octanol–water partition coefficient (Wildman–Crippen LogP) is 12.3. The molecule has 4 amide bonds. The lowest BCUT2D eigenvalue weighted by Crippen LogP contribution is -2.46. The van der Waals surface area contributed by atoms with Crippen LogP contribution < -0.4 is 0 Å². The molecular formula is C57H42N6O5. The number of nitrogens with zero attached hydrogens (tertiary/aromatic N) is 6. The van der Waals surface area contributed by atoms with E-state index in [1.807, 2.05) is 107 Å². The minimum atomic E-state index is -0.477. The third kappa shape index (κ3) is 6.32. The maximum atomic E-state index is 14.7. The number of aromatic nitrogens is 3. The van der Waals surface area contributed by atoms with Crippen molar-refractivity contribution in [3.05, 3.63) is 160 Å². The third-order valence-electron chi connectivity index (χ3n) is 13.8. The minimum Gasteiger partial charge on any atom is -0.271 e. The summed E-state index contributed by atoms with van der Waals surface area (Å²) in [5.41, 5.74) is 7.24. The first kappa shape index (κ1) is 42.2. The summed E-state index contributed by atoms with van der Waals surface area (Å²) in [5.74, 6) is 5.13. The average Bonchev–Trinajstić information content (AvgIpc) is 3.38. The maximum absolute atomic E-state index is 14.7.